The Morgan fingerprint density at radius 3 is 2.38 bits per heavy atom. The normalized spacial score (nSPS) is 11.0. The number of carbonyl (C=O) groups is 1. The third kappa shape index (κ3) is 8.02. The highest BCUT2D eigenvalue weighted by Gasteiger charge is 2.21. The molecule has 0 bridgehead atoms. The van der Waals surface area contributed by atoms with Crippen LogP contribution in [0.3, 0.4) is 0 Å². The number of nitrogens with one attached hydrogen (secondary N) is 2. The number of para-hydroxylation sites is 1. The van der Waals surface area contributed by atoms with E-state index in [1.165, 1.54) is 23.5 Å². The molecule has 7 nitrogen and oxygen atoms in total. The summed E-state index contributed by atoms with van der Waals surface area (Å²) >= 11 is 8.71. The number of hydrogen-bond donors (Lipinski definition) is 2. The number of thiocarbonyl (C=S) groups is 1. The highest BCUT2D eigenvalue weighted by molar-refractivity contribution is 9.10. The van der Waals surface area contributed by atoms with Gasteiger partial charge in [0.1, 0.15) is 5.75 Å². The van der Waals surface area contributed by atoms with Gasteiger partial charge in [0.2, 0.25) is 0 Å². The number of carbonyl (C=O) groups excluding carboxylic acids is 1. The number of anilines is 2. The van der Waals surface area contributed by atoms with E-state index in [0.717, 1.165) is 30.2 Å². The van der Waals surface area contributed by atoms with E-state index in [9.17, 15) is 13.2 Å². The van der Waals surface area contributed by atoms with Crippen molar-refractivity contribution < 1.29 is 17.9 Å². The van der Waals surface area contributed by atoms with Crippen LogP contribution in [-0.4, -0.2) is 33.1 Å². The first-order chi connectivity index (χ1) is 17.7. The van der Waals surface area contributed by atoms with Gasteiger partial charge < -0.3 is 10.1 Å². The van der Waals surface area contributed by atoms with Crippen molar-refractivity contribution in [3.05, 3.63) is 82.8 Å². The number of sulfonamides is 1. The lowest BCUT2D eigenvalue weighted by molar-refractivity contribution is 0.0973. The smallest absolute Gasteiger partial charge is 0.264 e. The van der Waals surface area contributed by atoms with Crippen LogP contribution in [0.1, 0.15) is 43.0 Å². The van der Waals surface area contributed by atoms with E-state index in [-0.39, 0.29) is 10.0 Å². The molecule has 0 spiro atoms. The van der Waals surface area contributed by atoms with Crippen LogP contribution in [0.2, 0.25) is 0 Å². The molecule has 0 fully saturated rings. The Balaban J connectivity index is 1.62. The van der Waals surface area contributed by atoms with E-state index in [1.807, 2.05) is 12.1 Å². The van der Waals surface area contributed by atoms with Crippen molar-refractivity contribution in [2.45, 2.75) is 37.5 Å². The largest absolute Gasteiger partial charge is 0.493 e. The van der Waals surface area contributed by atoms with Crippen molar-refractivity contribution in [1.82, 2.24) is 5.32 Å². The van der Waals surface area contributed by atoms with Crippen LogP contribution < -0.4 is 19.7 Å². The number of nitrogens with zero attached hydrogens (tertiary/aromatic N) is 1. The fourth-order valence-electron chi connectivity index (χ4n) is 3.49. The molecular formula is C27H30BrN3O4S2. The zero-order valence-corrected chi connectivity index (χ0v) is 24.0. The molecule has 3 aromatic rings. The van der Waals surface area contributed by atoms with Gasteiger partial charge in [-0.25, -0.2) is 8.42 Å². The molecule has 0 aliphatic heterocycles. The van der Waals surface area contributed by atoms with Crippen molar-refractivity contribution in [2.75, 3.05) is 23.3 Å². The molecule has 0 aliphatic rings. The molecule has 0 aromatic heterocycles. The maximum Gasteiger partial charge on any atom is 0.264 e. The highest BCUT2D eigenvalue weighted by atomic mass is 79.9. The summed E-state index contributed by atoms with van der Waals surface area (Å²) in [4.78, 5) is 13.1. The monoisotopic (exact) mass is 603 g/mol. The molecule has 3 rings (SSSR count). The third-order valence-corrected chi connectivity index (χ3v) is 8.06. The van der Waals surface area contributed by atoms with Gasteiger partial charge >= 0.3 is 0 Å². The summed E-state index contributed by atoms with van der Waals surface area (Å²) in [6.07, 6.45) is 4.27. The van der Waals surface area contributed by atoms with Gasteiger partial charge in [0, 0.05) is 17.2 Å². The van der Waals surface area contributed by atoms with Gasteiger partial charge in [-0.15, -0.1) is 0 Å². The Hall–Kier alpha value is -2.95. The van der Waals surface area contributed by atoms with Gasteiger partial charge in [0.15, 0.2) is 5.11 Å². The maximum atomic E-state index is 13.0. The molecule has 10 heteroatoms. The predicted octanol–water partition coefficient (Wildman–Crippen LogP) is 6.36. The standard InChI is InChI=1S/C27H30BrN3O4S2/c1-3-4-5-9-18-35-25-17-12-20(28)19-24(25)26(32)30-27(36)29-21-13-15-23(16-14-21)37(33,34)31(2)22-10-7-6-8-11-22/h6-8,10-17,19H,3-5,9,18H2,1-2H3,(H2,29,30,32,36). The minimum atomic E-state index is -3.73. The topological polar surface area (TPSA) is 87.7 Å². The van der Waals surface area contributed by atoms with Crippen LogP contribution in [0.5, 0.6) is 5.75 Å². The van der Waals surface area contributed by atoms with Gasteiger partial charge in [-0.05, 0) is 73.2 Å². The molecule has 37 heavy (non-hydrogen) atoms. The summed E-state index contributed by atoms with van der Waals surface area (Å²) in [5.41, 5.74) is 1.46. The predicted molar refractivity (Wildman–Crippen MR) is 156 cm³/mol. The molecule has 196 valence electrons. The summed E-state index contributed by atoms with van der Waals surface area (Å²) in [6, 6.07) is 20.2. The molecule has 0 atom stereocenters. The number of halogens is 1. The lowest BCUT2D eigenvalue weighted by atomic mass is 10.2. The van der Waals surface area contributed by atoms with Crippen molar-refractivity contribution in [2.24, 2.45) is 0 Å². The lowest BCUT2D eigenvalue weighted by Crippen LogP contribution is -2.34. The number of rotatable bonds is 11. The first kappa shape index (κ1) is 28.6. The Morgan fingerprint density at radius 1 is 1.00 bits per heavy atom. The molecule has 0 unspecified atom stereocenters. The Morgan fingerprint density at radius 2 is 1.70 bits per heavy atom. The number of amides is 1. The molecule has 2 N–H and O–H groups in total. The van der Waals surface area contributed by atoms with Gasteiger partial charge in [-0.1, -0.05) is 60.3 Å². The SMILES string of the molecule is CCCCCCOc1ccc(Br)cc1C(=O)NC(=S)Nc1ccc(S(=O)(=O)N(C)c2ccccc2)cc1. The fourth-order valence-corrected chi connectivity index (χ4v) is 5.26. The Bertz CT molecular complexity index is 1320. The summed E-state index contributed by atoms with van der Waals surface area (Å²) in [6.45, 7) is 2.68. The van der Waals surface area contributed by atoms with E-state index in [0.29, 0.717) is 29.3 Å². The third-order valence-electron chi connectivity index (χ3n) is 5.56. The van der Waals surface area contributed by atoms with E-state index in [1.54, 1.807) is 48.5 Å². The summed E-state index contributed by atoms with van der Waals surface area (Å²) in [5, 5.41) is 5.66. The zero-order chi connectivity index (χ0) is 26.8. The number of benzene rings is 3. The molecule has 0 heterocycles. The second-order valence-corrected chi connectivity index (χ2v) is 11.6. The van der Waals surface area contributed by atoms with Crippen molar-refractivity contribution in [1.29, 1.82) is 0 Å². The Kier molecular flexibility index (Phi) is 10.5. The van der Waals surface area contributed by atoms with Gasteiger partial charge in [-0.2, -0.15) is 0 Å². The lowest BCUT2D eigenvalue weighted by Gasteiger charge is -2.19. The number of unbranched alkanes of at least 4 members (excludes halogenated alkanes) is 3. The van der Waals surface area contributed by atoms with Crippen molar-refractivity contribution in [3.8, 4) is 5.75 Å². The van der Waals surface area contributed by atoms with Crippen LogP contribution >= 0.6 is 28.1 Å². The molecule has 0 saturated heterocycles. The molecule has 0 aliphatic carbocycles. The summed E-state index contributed by atoms with van der Waals surface area (Å²) in [7, 11) is -2.22. The average molecular weight is 605 g/mol. The minimum Gasteiger partial charge on any atom is -0.493 e. The van der Waals surface area contributed by atoms with Gasteiger partial charge in [0.25, 0.3) is 15.9 Å². The Labute approximate surface area is 232 Å². The number of ether oxygens (including phenoxy) is 1. The molecular weight excluding hydrogens is 574 g/mol. The van der Waals surface area contributed by atoms with E-state index >= 15 is 0 Å². The minimum absolute atomic E-state index is 0.0795. The highest BCUT2D eigenvalue weighted by Crippen LogP contribution is 2.25. The molecule has 1 amide bonds. The van der Waals surface area contributed by atoms with Crippen LogP contribution in [0.25, 0.3) is 0 Å². The van der Waals surface area contributed by atoms with Crippen molar-refractivity contribution in [3.63, 3.8) is 0 Å². The average Bonchev–Trinajstić information content (AvgIpc) is 2.89. The summed E-state index contributed by atoms with van der Waals surface area (Å²) in [5.74, 6) is 0.0723. The van der Waals surface area contributed by atoms with E-state index in [4.69, 9.17) is 17.0 Å². The molecule has 0 radical (unpaired) electrons. The molecule has 3 aromatic carbocycles. The quantitative estimate of drug-likeness (QED) is 0.196. The second-order valence-electron chi connectivity index (χ2n) is 8.29. The fraction of sp³-hybridized carbons (Fsp3) is 0.259. The van der Waals surface area contributed by atoms with Crippen LogP contribution in [-0.2, 0) is 10.0 Å². The molecule has 0 saturated carbocycles. The van der Waals surface area contributed by atoms with Gasteiger partial charge in [-0.3, -0.25) is 14.4 Å². The van der Waals surface area contributed by atoms with Gasteiger partial charge in [0.05, 0.1) is 22.8 Å². The zero-order valence-electron chi connectivity index (χ0n) is 20.7. The van der Waals surface area contributed by atoms with E-state index in [2.05, 4.69) is 33.5 Å². The van der Waals surface area contributed by atoms with E-state index < -0.39 is 15.9 Å². The van der Waals surface area contributed by atoms with Crippen LogP contribution in [0.15, 0.2) is 82.2 Å². The van der Waals surface area contributed by atoms with Crippen LogP contribution in [0.4, 0.5) is 11.4 Å². The van der Waals surface area contributed by atoms with Crippen LogP contribution in [0, 0.1) is 0 Å². The first-order valence-corrected chi connectivity index (χ1v) is 14.5. The van der Waals surface area contributed by atoms with Crippen molar-refractivity contribution >= 4 is 60.6 Å². The number of hydrogen-bond acceptors (Lipinski definition) is 5. The first-order valence-electron chi connectivity index (χ1n) is 11.9. The maximum absolute atomic E-state index is 13.0. The summed E-state index contributed by atoms with van der Waals surface area (Å²) < 4.78 is 33.7. The second kappa shape index (κ2) is 13.6.